The van der Waals surface area contributed by atoms with E-state index in [0.717, 1.165) is 24.8 Å². The van der Waals surface area contributed by atoms with Gasteiger partial charge in [-0.05, 0) is 57.4 Å². The summed E-state index contributed by atoms with van der Waals surface area (Å²) in [5, 5.41) is 10.2. The van der Waals surface area contributed by atoms with Crippen molar-refractivity contribution in [1.82, 2.24) is 4.90 Å². The molecule has 19 heavy (non-hydrogen) atoms. The van der Waals surface area contributed by atoms with E-state index in [-0.39, 0.29) is 6.10 Å². The third kappa shape index (κ3) is 5.83. The Morgan fingerprint density at radius 2 is 1.89 bits per heavy atom. The number of aliphatic hydroxyl groups excluding tert-OH is 1. The number of aliphatic hydroxyl groups is 1. The zero-order valence-electron chi connectivity index (χ0n) is 13.7. The van der Waals surface area contributed by atoms with Crippen LogP contribution in [0.25, 0.3) is 0 Å². The van der Waals surface area contributed by atoms with Crippen LogP contribution in [0.1, 0.15) is 66.2 Å². The Labute approximate surface area is 120 Å². The molecule has 1 saturated carbocycles. The average molecular weight is 269 g/mol. The van der Waals surface area contributed by atoms with Crippen LogP contribution in [-0.2, 0) is 0 Å². The summed E-state index contributed by atoms with van der Waals surface area (Å²) in [5.41, 5.74) is 0. The van der Waals surface area contributed by atoms with Crippen molar-refractivity contribution < 1.29 is 5.11 Å². The van der Waals surface area contributed by atoms with E-state index in [9.17, 15) is 5.11 Å². The van der Waals surface area contributed by atoms with Gasteiger partial charge in [0.2, 0.25) is 0 Å². The van der Waals surface area contributed by atoms with Crippen molar-refractivity contribution in [3.05, 3.63) is 0 Å². The maximum atomic E-state index is 10.2. The summed E-state index contributed by atoms with van der Waals surface area (Å²) in [7, 11) is 2.23. The Morgan fingerprint density at radius 1 is 1.21 bits per heavy atom. The first-order valence-electron chi connectivity index (χ1n) is 8.32. The van der Waals surface area contributed by atoms with Crippen LogP contribution >= 0.6 is 0 Å². The van der Waals surface area contributed by atoms with Gasteiger partial charge >= 0.3 is 0 Å². The van der Waals surface area contributed by atoms with Crippen LogP contribution in [-0.4, -0.2) is 35.7 Å². The van der Waals surface area contributed by atoms with E-state index >= 15 is 0 Å². The molecule has 0 amide bonds. The largest absolute Gasteiger partial charge is 0.393 e. The van der Waals surface area contributed by atoms with E-state index in [1.54, 1.807) is 0 Å². The molecule has 2 nitrogen and oxygen atoms in total. The molecule has 0 aromatic heterocycles. The molecule has 1 N–H and O–H groups in total. The third-order valence-electron chi connectivity index (χ3n) is 4.84. The van der Waals surface area contributed by atoms with Crippen molar-refractivity contribution in [2.45, 2.75) is 78.4 Å². The molecule has 0 aromatic rings. The quantitative estimate of drug-likeness (QED) is 0.757. The van der Waals surface area contributed by atoms with Crippen LogP contribution in [0.3, 0.4) is 0 Å². The maximum absolute atomic E-state index is 10.2. The van der Waals surface area contributed by atoms with Gasteiger partial charge in [-0.25, -0.2) is 0 Å². The van der Waals surface area contributed by atoms with Crippen LogP contribution in [0.15, 0.2) is 0 Å². The minimum absolute atomic E-state index is 0.0678. The Morgan fingerprint density at radius 3 is 2.47 bits per heavy atom. The highest BCUT2D eigenvalue weighted by atomic mass is 16.3. The van der Waals surface area contributed by atoms with E-state index in [1.165, 1.54) is 32.1 Å². The SMILES string of the molecule is CCCC1CCC(O)C(CN(C)C(C)CC(C)C)C1. The smallest absolute Gasteiger partial charge is 0.0580 e. The summed E-state index contributed by atoms with van der Waals surface area (Å²) >= 11 is 0. The summed E-state index contributed by atoms with van der Waals surface area (Å²) in [4.78, 5) is 2.46. The number of nitrogens with zero attached hydrogens (tertiary/aromatic N) is 1. The fourth-order valence-corrected chi connectivity index (χ4v) is 3.62. The van der Waals surface area contributed by atoms with Crippen molar-refractivity contribution in [2.24, 2.45) is 17.8 Å². The summed E-state index contributed by atoms with van der Waals surface area (Å²) in [6, 6.07) is 0.624. The molecular formula is C17H35NO. The summed E-state index contributed by atoms with van der Waals surface area (Å²) in [6.07, 6.45) is 7.28. The second-order valence-corrected chi connectivity index (χ2v) is 7.21. The lowest BCUT2D eigenvalue weighted by atomic mass is 9.77. The highest BCUT2D eigenvalue weighted by Gasteiger charge is 2.30. The molecule has 4 unspecified atom stereocenters. The van der Waals surface area contributed by atoms with Crippen LogP contribution in [0.4, 0.5) is 0 Å². The fraction of sp³-hybridized carbons (Fsp3) is 1.00. The summed E-state index contributed by atoms with van der Waals surface area (Å²) in [5.74, 6) is 2.10. The summed E-state index contributed by atoms with van der Waals surface area (Å²) in [6.45, 7) is 10.2. The van der Waals surface area contributed by atoms with Gasteiger partial charge < -0.3 is 10.0 Å². The number of rotatable bonds is 7. The molecule has 1 aliphatic carbocycles. The molecule has 0 saturated heterocycles. The first-order chi connectivity index (χ1) is 8.93. The lowest BCUT2D eigenvalue weighted by molar-refractivity contribution is 0.0229. The minimum Gasteiger partial charge on any atom is -0.393 e. The highest BCUT2D eigenvalue weighted by Crippen LogP contribution is 2.33. The first kappa shape index (κ1) is 17.0. The second kappa shape index (κ2) is 8.26. The first-order valence-corrected chi connectivity index (χ1v) is 8.32. The molecule has 0 radical (unpaired) electrons. The minimum atomic E-state index is -0.0678. The topological polar surface area (TPSA) is 23.5 Å². The van der Waals surface area contributed by atoms with E-state index in [1.807, 2.05) is 0 Å². The van der Waals surface area contributed by atoms with Gasteiger partial charge in [-0.1, -0.05) is 33.6 Å². The van der Waals surface area contributed by atoms with Gasteiger partial charge in [0.1, 0.15) is 0 Å². The van der Waals surface area contributed by atoms with Gasteiger partial charge in [-0.2, -0.15) is 0 Å². The van der Waals surface area contributed by atoms with Gasteiger partial charge in [0.25, 0.3) is 0 Å². The molecule has 4 atom stereocenters. The molecule has 1 rings (SSSR count). The van der Waals surface area contributed by atoms with Crippen LogP contribution in [0, 0.1) is 17.8 Å². The van der Waals surface area contributed by atoms with Crippen molar-refractivity contribution in [2.75, 3.05) is 13.6 Å². The lowest BCUT2D eigenvalue weighted by Crippen LogP contribution is -2.41. The fourth-order valence-electron chi connectivity index (χ4n) is 3.62. The molecule has 1 aliphatic rings. The Balaban J connectivity index is 2.44. The van der Waals surface area contributed by atoms with Crippen molar-refractivity contribution in [1.29, 1.82) is 0 Å². The standard InChI is InChI=1S/C17H35NO/c1-6-7-15-8-9-17(19)16(11-15)12-18(5)14(4)10-13(2)3/h13-17,19H,6-12H2,1-5H3. The molecule has 0 aromatic carbocycles. The van der Waals surface area contributed by atoms with Gasteiger partial charge in [0, 0.05) is 12.6 Å². The second-order valence-electron chi connectivity index (χ2n) is 7.21. The monoisotopic (exact) mass is 269 g/mol. The van der Waals surface area contributed by atoms with E-state index in [4.69, 9.17) is 0 Å². The highest BCUT2D eigenvalue weighted by molar-refractivity contribution is 4.82. The van der Waals surface area contributed by atoms with Crippen molar-refractivity contribution in [3.8, 4) is 0 Å². The summed E-state index contributed by atoms with van der Waals surface area (Å²) < 4.78 is 0. The Bertz CT molecular complexity index is 241. The zero-order valence-corrected chi connectivity index (χ0v) is 13.7. The normalized spacial score (nSPS) is 30.0. The van der Waals surface area contributed by atoms with Crippen molar-refractivity contribution in [3.63, 3.8) is 0 Å². The van der Waals surface area contributed by atoms with E-state index in [2.05, 4.69) is 39.6 Å². The Kier molecular flexibility index (Phi) is 7.38. The van der Waals surface area contributed by atoms with Crippen LogP contribution in [0.2, 0.25) is 0 Å². The van der Waals surface area contributed by atoms with Crippen molar-refractivity contribution >= 4 is 0 Å². The Hall–Kier alpha value is -0.0800. The van der Waals surface area contributed by atoms with Crippen LogP contribution < -0.4 is 0 Å². The molecule has 0 bridgehead atoms. The van der Waals surface area contributed by atoms with Gasteiger partial charge in [0.15, 0.2) is 0 Å². The molecule has 2 heteroatoms. The molecule has 0 heterocycles. The van der Waals surface area contributed by atoms with Gasteiger partial charge in [-0.15, -0.1) is 0 Å². The molecule has 114 valence electrons. The van der Waals surface area contributed by atoms with Gasteiger partial charge in [-0.3, -0.25) is 0 Å². The number of hydrogen-bond acceptors (Lipinski definition) is 2. The lowest BCUT2D eigenvalue weighted by Gasteiger charge is -2.37. The number of hydrogen-bond donors (Lipinski definition) is 1. The molecule has 1 fully saturated rings. The van der Waals surface area contributed by atoms with Gasteiger partial charge in [0.05, 0.1) is 6.10 Å². The molecule has 0 aliphatic heterocycles. The van der Waals surface area contributed by atoms with E-state index in [0.29, 0.717) is 12.0 Å². The predicted molar refractivity (Wildman–Crippen MR) is 83.3 cm³/mol. The zero-order chi connectivity index (χ0) is 14.4. The molecule has 0 spiro atoms. The predicted octanol–water partition coefficient (Wildman–Crippen LogP) is 3.93. The average Bonchev–Trinajstić information content (AvgIpc) is 2.32. The van der Waals surface area contributed by atoms with Crippen LogP contribution in [0.5, 0.6) is 0 Å². The van der Waals surface area contributed by atoms with E-state index < -0.39 is 0 Å². The maximum Gasteiger partial charge on any atom is 0.0580 e. The third-order valence-corrected chi connectivity index (χ3v) is 4.84. The molecular weight excluding hydrogens is 234 g/mol.